The van der Waals surface area contributed by atoms with Crippen molar-refractivity contribution in [3.05, 3.63) is 12.2 Å². The van der Waals surface area contributed by atoms with Gasteiger partial charge in [0.05, 0.1) is 24.7 Å². The molecule has 5 nitrogen and oxygen atoms in total. The molecule has 1 heterocycles. The van der Waals surface area contributed by atoms with E-state index in [0.29, 0.717) is 36.5 Å². The maximum atomic E-state index is 12.4. The molecule has 0 spiro atoms. The molecule has 1 saturated heterocycles. The number of carbonyl (C=O) groups is 2. The summed E-state index contributed by atoms with van der Waals surface area (Å²) in [6.07, 6.45) is 10.6. The van der Waals surface area contributed by atoms with Gasteiger partial charge in [-0.1, -0.05) is 25.8 Å². The zero-order valence-corrected chi connectivity index (χ0v) is 16.4. The molecule has 1 aliphatic heterocycles. The van der Waals surface area contributed by atoms with E-state index in [9.17, 15) is 9.59 Å². The van der Waals surface area contributed by atoms with Crippen LogP contribution < -0.4 is 0 Å². The van der Waals surface area contributed by atoms with E-state index in [0.717, 1.165) is 32.1 Å². The molecule has 0 radical (unpaired) electrons. The molecule has 4 fully saturated rings. The van der Waals surface area contributed by atoms with Crippen molar-refractivity contribution in [1.29, 1.82) is 0 Å². The normalized spacial score (nSPS) is 39.8. The van der Waals surface area contributed by atoms with Gasteiger partial charge in [-0.25, -0.2) is 4.79 Å². The van der Waals surface area contributed by atoms with E-state index in [1.807, 2.05) is 0 Å². The Morgan fingerprint density at radius 3 is 2.48 bits per heavy atom. The molecular weight excluding hydrogens is 344 g/mol. The Hall–Kier alpha value is -1.36. The Kier molecular flexibility index (Phi) is 5.32. The van der Waals surface area contributed by atoms with Crippen molar-refractivity contribution >= 4 is 11.9 Å². The minimum atomic E-state index is -0.498. The van der Waals surface area contributed by atoms with Gasteiger partial charge in [-0.2, -0.15) is 0 Å². The maximum absolute atomic E-state index is 12.4. The average molecular weight is 376 g/mol. The molecule has 5 atom stereocenters. The van der Waals surface area contributed by atoms with E-state index in [4.69, 9.17) is 14.2 Å². The van der Waals surface area contributed by atoms with Crippen LogP contribution in [-0.2, 0) is 23.8 Å². The summed E-state index contributed by atoms with van der Waals surface area (Å²) in [5.74, 6) is 0.780. The molecule has 3 saturated carbocycles. The number of fused-ring (bicyclic) bond motifs is 3. The summed E-state index contributed by atoms with van der Waals surface area (Å²) in [6.45, 7) is 5.75. The van der Waals surface area contributed by atoms with Crippen LogP contribution in [-0.4, -0.2) is 36.4 Å². The summed E-state index contributed by atoms with van der Waals surface area (Å²) in [6, 6.07) is 0. The van der Waals surface area contributed by atoms with E-state index in [-0.39, 0.29) is 24.0 Å². The van der Waals surface area contributed by atoms with Gasteiger partial charge >= 0.3 is 11.9 Å². The summed E-state index contributed by atoms with van der Waals surface area (Å²) >= 11 is 0. The third-order valence-electron chi connectivity index (χ3n) is 7.01. The summed E-state index contributed by atoms with van der Waals surface area (Å²) in [5, 5.41) is 0. The first-order valence-electron chi connectivity index (χ1n) is 10.6. The highest BCUT2D eigenvalue weighted by Gasteiger charge is 2.47. The summed E-state index contributed by atoms with van der Waals surface area (Å²) in [7, 11) is 0. The van der Waals surface area contributed by atoms with Crippen molar-refractivity contribution in [2.75, 3.05) is 6.61 Å². The molecule has 0 aromatic rings. The summed E-state index contributed by atoms with van der Waals surface area (Å²) in [5.41, 5.74) is -0.0648. The SMILES string of the molecule is C=C(C)C(=O)OC1(CCOC(=O)C2CCC3OC3C2)CC2CCCC(C2)C1. The molecule has 4 rings (SSSR count). The molecule has 2 bridgehead atoms. The second kappa shape index (κ2) is 7.57. The van der Waals surface area contributed by atoms with Gasteiger partial charge in [0.1, 0.15) is 5.60 Å². The second-order valence-corrected chi connectivity index (χ2v) is 9.30. The zero-order valence-electron chi connectivity index (χ0n) is 16.4. The molecule has 150 valence electrons. The fraction of sp³-hybridized carbons (Fsp3) is 0.818. The largest absolute Gasteiger partial charge is 0.465 e. The smallest absolute Gasteiger partial charge is 0.333 e. The lowest BCUT2D eigenvalue weighted by molar-refractivity contribution is -0.169. The summed E-state index contributed by atoms with van der Waals surface area (Å²) < 4.78 is 17.1. The van der Waals surface area contributed by atoms with Crippen LogP contribution in [0.1, 0.15) is 71.1 Å². The van der Waals surface area contributed by atoms with Gasteiger partial charge < -0.3 is 14.2 Å². The molecular formula is C22H32O5. The minimum Gasteiger partial charge on any atom is -0.465 e. The standard InChI is InChI=1S/C22H32O5/c1-14(2)20(23)27-22(12-15-4-3-5-16(10-15)13-22)8-9-25-21(24)17-6-7-18-19(11-17)26-18/h15-19H,1,3-13H2,2H3. The van der Waals surface area contributed by atoms with Crippen molar-refractivity contribution < 1.29 is 23.8 Å². The first-order chi connectivity index (χ1) is 12.9. The van der Waals surface area contributed by atoms with Gasteiger partial charge in [0.15, 0.2) is 0 Å². The first kappa shape index (κ1) is 19.0. The number of hydrogen-bond acceptors (Lipinski definition) is 5. The highest BCUT2D eigenvalue weighted by molar-refractivity contribution is 5.87. The van der Waals surface area contributed by atoms with Gasteiger partial charge in [0.2, 0.25) is 0 Å². The topological polar surface area (TPSA) is 65.1 Å². The van der Waals surface area contributed by atoms with Crippen LogP contribution in [0.3, 0.4) is 0 Å². The number of ether oxygens (including phenoxy) is 3. The molecule has 0 aromatic heterocycles. The maximum Gasteiger partial charge on any atom is 0.333 e. The molecule has 4 aliphatic rings. The van der Waals surface area contributed by atoms with Crippen LogP contribution in [0.5, 0.6) is 0 Å². The van der Waals surface area contributed by atoms with E-state index < -0.39 is 5.60 Å². The van der Waals surface area contributed by atoms with Gasteiger partial charge in [-0.05, 0) is 57.3 Å². The lowest BCUT2D eigenvalue weighted by Gasteiger charge is -2.46. The molecule has 0 amide bonds. The number of epoxide rings is 1. The van der Waals surface area contributed by atoms with Crippen LogP contribution in [0, 0.1) is 17.8 Å². The van der Waals surface area contributed by atoms with E-state index >= 15 is 0 Å². The second-order valence-electron chi connectivity index (χ2n) is 9.30. The van der Waals surface area contributed by atoms with Crippen LogP contribution >= 0.6 is 0 Å². The highest BCUT2D eigenvalue weighted by atomic mass is 16.6. The average Bonchev–Trinajstić information content (AvgIpc) is 3.39. The Labute approximate surface area is 161 Å². The molecule has 5 unspecified atom stereocenters. The van der Waals surface area contributed by atoms with Crippen molar-refractivity contribution in [3.63, 3.8) is 0 Å². The fourth-order valence-corrected chi connectivity index (χ4v) is 5.60. The third-order valence-corrected chi connectivity index (χ3v) is 7.01. The highest BCUT2D eigenvalue weighted by Crippen LogP contribution is 2.48. The molecule has 3 aliphatic carbocycles. The van der Waals surface area contributed by atoms with E-state index in [1.165, 1.54) is 25.7 Å². The van der Waals surface area contributed by atoms with Crippen LogP contribution in [0.25, 0.3) is 0 Å². The van der Waals surface area contributed by atoms with Crippen molar-refractivity contribution in [2.24, 2.45) is 17.8 Å². The Bertz CT molecular complexity index is 600. The quantitative estimate of drug-likeness (QED) is 0.399. The van der Waals surface area contributed by atoms with Crippen LogP contribution in [0.15, 0.2) is 12.2 Å². The lowest BCUT2D eigenvalue weighted by Crippen LogP contribution is -2.45. The lowest BCUT2D eigenvalue weighted by atomic mass is 9.65. The number of esters is 2. The zero-order chi connectivity index (χ0) is 19.0. The van der Waals surface area contributed by atoms with Gasteiger partial charge in [0, 0.05) is 12.0 Å². The summed E-state index contributed by atoms with van der Waals surface area (Å²) in [4.78, 5) is 24.7. The number of rotatable bonds is 6. The number of carbonyl (C=O) groups excluding carboxylic acids is 2. The molecule has 0 aromatic carbocycles. The van der Waals surface area contributed by atoms with E-state index in [1.54, 1.807) is 6.92 Å². The molecule has 27 heavy (non-hydrogen) atoms. The fourth-order valence-electron chi connectivity index (χ4n) is 5.60. The van der Waals surface area contributed by atoms with Gasteiger partial charge in [0.25, 0.3) is 0 Å². The third kappa shape index (κ3) is 4.39. The predicted molar refractivity (Wildman–Crippen MR) is 99.9 cm³/mol. The van der Waals surface area contributed by atoms with Crippen LogP contribution in [0.4, 0.5) is 0 Å². The van der Waals surface area contributed by atoms with E-state index in [2.05, 4.69) is 6.58 Å². The predicted octanol–water partition coefficient (Wildman–Crippen LogP) is 3.95. The Balaban J connectivity index is 1.35. The minimum absolute atomic E-state index is 0.0339. The van der Waals surface area contributed by atoms with Crippen molar-refractivity contribution in [3.8, 4) is 0 Å². The van der Waals surface area contributed by atoms with Crippen molar-refractivity contribution in [2.45, 2.75) is 88.9 Å². The van der Waals surface area contributed by atoms with Crippen molar-refractivity contribution in [1.82, 2.24) is 0 Å². The Morgan fingerprint density at radius 2 is 1.81 bits per heavy atom. The monoisotopic (exact) mass is 376 g/mol. The van der Waals surface area contributed by atoms with Crippen LogP contribution in [0.2, 0.25) is 0 Å². The first-order valence-corrected chi connectivity index (χ1v) is 10.6. The molecule has 5 heteroatoms. The Morgan fingerprint density at radius 1 is 1.07 bits per heavy atom. The van der Waals surface area contributed by atoms with Gasteiger partial charge in [-0.3, -0.25) is 4.79 Å². The molecule has 0 N–H and O–H groups in total. The van der Waals surface area contributed by atoms with Gasteiger partial charge in [-0.15, -0.1) is 0 Å². The number of hydrogen-bond donors (Lipinski definition) is 0.